The first kappa shape index (κ1) is 24.2. The number of nitrogens with zero attached hydrogens (tertiary/aromatic N) is 5. The lowest BCUT2D eigenvalue weighted by atomic mass is 10.1. The van der Waals surface area contributed by atoms with Gasteiger partial charge in [0.25, 0.3) is 0 Å². The Morgan fingerprint density at radius 3 is 2.70 bits per heavy atom. The number of fused-ring (bicyclic) bond motifs is 1. The zero-order chi connectivity index (χ0) is 24.2. The van der Waals surface area contributed by atoms with E-state index in [0.717, 1.165) is 23.5 Å². The summed E-state index contributed by atoms with van der Waals surface area (Å²) >= 11 is 0. The summed E-state index contributed by atoms with van der Waals surface area (Å²) in [7, 11) is 1.86. The van der Waals surface area contributed by atoms with Crippen molar-refractivity contribution in [3.05, 3.63) is 47.4 Å². The van der Waals surface area contributed by atoms with Crippen molar-refractivity contribution in [2.24, 2.45) is 0 Å². The van der Waals surface area contributed by atoms with Crippen LogP contribution in [0.4, 0.5) is 11.5 Å². The van der Waals surface area contributed by atoms with Crippen LogP contribution >= 0.6 is 0 Å². The second-order valence-electron chi connectivity index (χ2n) is 8.00. The summed E-state index contributed by atoms with van der Waals surface area (Å²) in [5.41, 5.74) is 2.40. The topological polar surface area (TPSA) is 135 Å². The summed E-state index contributed by atoms with van der Waals surface area (Å²) in [6.45, 7) is 1.03. The van der Waals surface area contributed by atoms with Gasteiger partial charge in [-0.15, -0.1) is 0 Å². The van der Waals surface area contributed by atoms with Crippen molar-refractivity contribution in [1.82, 2.24) is 19.9 Å². The molecular formula is C22H27N7O3S. The number of carbonyl (C=O) groups is 1. The van der Waals surface area contributed by atoms with Crippen molar-refractivity contribution in [3.63, 3.8) is 0 Å². The lowest BCUT2D eigenvalue weighted by Gasteiger charge is -2.19. The first-order chi connectivity index (χ1) is 15.6. The predicted molar refractivity (Wildman–Crippen MR) is 128 cm³/mol. The van der Waals surface area contributed by atoms with E-state index in [1.54, 1.807) is 18.2 Å². The molecule has 3 aromatic rings. The molecule has 33 heavy (non-hydrogen) atoms. The molecule has 0 bridgehead atoms. The first-order valence-corrected chi connectivity index (χ1v) is 12.2. The standard InChI is InChI=1S/C22H27N7O3S/c1-28(2)10-6-8-19(30)18-11-17-20(16(12-23)14-26-21(17)27-18)25-13-15-7-5-9-24-22(15)29(3)33(4,31)32/h5,7,9,11,14H,6,8,10,13H2,1-4H3,(H2,25,26,27). The highest BCUT2D eigenvalue weighted by atomic mass is 32.2. The van der Waals surface area contributed by atoms with Crippen molar-refractivity contribution >= 4 is 38.3 Å². The van der Waals surface area contributed by atoms with Gasteiger partial charge in [0.2, 0.25) is 10.0 Å². The molecule has 0 aliphatic rings. The van der Waals surface area contributed by atoms with E-state index in [0.29, 0.717) is 45.8 Å². The summed E-state index contributed by atoms with van der Waals surface area (Å²) in [5, 5.41) is 13.4. The number of sulfonamides is 1. The summed E-state index contributed by atoms with van der Waals surface area (Å²) in [6, 6.07) is 7.30. The SMILES string of the molecule is CN(C)CCCC(=O)c1cc2c(NCc3cccnc3N(C)S(C)(=O)=O)c(C#N)cnc2[nH]1. The van der Waals surface area contributed by atoms with E-state index in [4.69, 9.17) is 0 Å². The number of carbonyl (C=O) groups excluding carboxylic acids is 1. The smallest absolute Gasteiger partial charge is 0.233 e. The maximum Gasteiger partial charge on any atom is 0.233 e. The third-order valence-electron chi connectivity index (χ3n) is 5.21. The van der Waals surface area contributed by atoms with Crippen LogP contribution in [0.5, 0.6) is 0 Å². The number of hydrogen-bond donors (Lipinski definition) is 2. The van der Waals surface area contributed by atoms with Crippen LogP contribution in [0.15, 0.2) is 30.6 Å². The molecular weight excluding hydrogens is 442 g/mol. The minimum atomic E-state index is -3.49. The van der Waals surface area contributed by atoms with Crippen LogP contribution in [0.3, 0.4) is 0 Å². The van der Waals surface area contributed by atoms with Gasteiger partial charge in [-0.2, -0.15) is 5.26 Å². The third-order valence-corrected chi connectivity index (χ3v) is 6.38. The molecule has 11 heteroatoms. The van der Waals surface area contributed by atoms with E-state index >= 15 is 0 Å². The van der Waals surface area contributed by atoms with Gasteiger partial charge < -0.3 is 15.2 Å². The number of rotatable bonds is 10. The van der Waals surface area contributed by atoms with Crippen molar-refractivity contribution in [3.8, 4) is 6.07 Å². The minimum Gasteiger partial charge on any atom is -0.379 e. The predicted octanol–water partition coefficient (Wildman–Crippen LogP) is 2.36. The second-order valence-corrected chi connectivity index (χ2v) is 10.0. The molecule has 0 atom stereocenters. The van der Waals surface area contributed by atoms with Gasteiger partial charge in [-0.3, -0.25) is 9.10 Å². The number of aromatic nitrogens is 3. The molecule has 0 aromatic carbocycles. The minimum absolute atomic E-state index is 0.0244. The third kappa shape index (κ3) is 5.66. The Kier molecular flexibility index (Phi) is 7.30. The fourth-order valence-electron chi connectivity index (χ4n) is 3.38. The van der Waals surface area contributed by atoms with Gasteiger partial charge >= 0.3 is 0 Å². The molecule has 0 aliphatic heterocycles. The van der Waals surface area contributed by atoms with E-state index in [-0.39, 0.29) is 12.3 Å². The van der Waals surface area contributed by atoms with Crippen LogP contribution in [-0.4, -0.2) is 68.0 Å². The Morgan fingerprint density at radius 2 is 2.03 bits per heavy atom. The van der Waals surface area contributed by atoms with Crippen LogP contribution in [0, 0.1) is 11.3 Å². The summed E-state index contributed by atoms with van der Waals surface area (Å²) < 4.78 is 25.1. The zero-order valence-corrected chi connectivity index (χ0v) is 19.9. The number of hydrogen-bond acceptors (Lipinski definition) is 8. The Bertz CT molecular complexity index is 1310. The van der Waals surface area contributed by atoms with E-state index in [1.165, 1.54) is 19.4 Å². The Labute approximate surface area is 193 Å². The number of anilines is 2. The Morgan fingerprint density at radius 1 is 1.27 bits per heavy atom. The van der Waals surface area contributed by atoms with Crippen molar-refractivity contribution in [2.75, 3.05) is 43.6 Å². The maximum atomic E-state index is 12.6. The number of nitrogens with one attached hydrogen (secondary N) is 2. The molecule has 0 unspecified atom stereocenters. The highest BCUT2D eigenvalue weighted by Crippen LogP contribution is 2.28. The number of H-pyrrole nitrogens is 1. The molecule has 0 aliphatic carbocycles. The fraction of sp³-hybridized carbons (Fsp3) is 0.364. The lowest BCUT2D eigenvalue weighted by molar-refractivity contribution is 0.0973. The number of pyridine rings is 2. The number of aromatic amines is 1. The largest absolute Gasteiger partial charge is 0.379 e. The molecule has 10 nitrogen and oxygen atoms in total. The van der Waals surface area contributed by atoms with Crippen molar-refractivity contribution < 1.29 is 13.2 Å². The Hall–Kier alpha value is -3.49. The first-order valence-electron chi connectivity index (χ1n) is 10.3. The van der Waals surface area contributed by atoms with Crippen LogP contribution in [0.2, 0.25) is 0 Å². The van der Waals surface area contributed by atoms with E-state index in [9.17, 15) is 18.5 Å². The lowest BCUT2D eigenvalue weighted by Crippen LogP contribution is -2.27. The number of ketones is 1. The van der Waals surface area contributed by atoms with Crippen LogP contribution in [0.1, 0.15) is 34.5 Å². The van der Waals surface area contributed by atoms with Crippen LogP contribution < -0.4 is 9.62 Å². The van der Waals surface area contributed by atoms with Crippen LogP contribution in [-0.2, 0) is 16.6 Å². The van der Waals surface area contributed by atoms with E-state index < -0.39 is 10.0 Å². The van der Waals surface area contributed by atoms with Gasteiger partial charge in [0, 0.05) is 43.4 Å². The maximum absolute atomic E-state index is 12.6. The van der Waals surface area contributed by atoms with Gasteiger partial charge in [-0.25, -0.2) is 18.4 Å². The monoisotopic (exact) mass is 469 g/mol. The summed E-state index contributed by atoms with van der Waals surface area (Å²) in [4.78, 5) is 26.2. The average Bonchev–Trinajstić information content (AvgIpc) is 3.21. The molecule has 174 valence electrons. The molecule has 0 saturated carbocycles. The molecule has 3 heterocycles. The van der Waals surface area contributed by atoms with Gasteiger partial charge in [0.05, 0.1) is 23.2 Å². The summed E-state index contributed by atoms with van der Waals surface area (Å²) in [5.74, 6) is 0.269. The number of Topliss-reactive ketones (excluding diaryl/α,β-unsaturated/α-hetero) is 1. The Balaban J connectivity index is 1.90. The molecule has 0 spiro atoms. The molecule has 0 radical (unpaired) electrons. The second kappa shape index (κ2) is 9.97. The zero-order valence-electron chi connectivity index (χ0n) is 19.1. The van der Waals surface area contributed by atoms with Gasteiger partial charge in [0.15, 0.2) is 5.78 Å². The fourth-order valence-corrected chi connectivity index (χ4v) is 3.86. The highest BCUT2D eigenvalue weighted by Gasteiger charge is 2.19. The van der Waals surface area contributed by atoms with Crippen LogP contribution in [0.25, 0.3) is 11.0 Å². The summed E-state index contributed by atoms with van der Waals surface area (Å²) in [6.07, 6.45) is 5.20. The molecule has 0 amide bonds. The van der Waals surface area contributed by atoms with Gasteiger partial charge in [-0.1, -0.05) is 6.07 Å². The average molecular weight is 470 g/mol. The van der Waals surface area contributed by atoms with Gasteiger partial charge in [-0.05, 0) is 39.2 Å². The van der Waals surface area contributed by atoms with Crippen molar-refractivity contribution in [2.45, 2.75) is 19.4 Å². The van der Waals surface area contributed by atoms with Gasteiger partial charge in [0.1, 0.15) is 17.5 Å². The molecule has 0 fully saturated rings. The normalized spacial score (nSPS) is 11.5. The molecule has 3 rings (SSSR count). The molecule has 2 N–H and O–H groups in total. The molecule has 3 aromatic heterocycles. The highest BCUT2D eigenvalue weighted by molar-refractivity contribution is 7.92. The number of nitriles is 1. The quantitative estimate of drug-likeness (QED) is 0.432. The van der Waals surface area contributed by atoms with Crippen molar-refractivity contribution in [1.29, 1.82) is 5.26 Å². The van der Waals surface area contributed by atoms with E-state index in [2.05, 4.69) is 26.3 Å². The molecule has 0 saturated heterocycles. The van der Waals surface area contributed by atoms with E-state index in [1.807, 2.05) is 19.0 Å².